The lowest BCUT2D eigenvalue weighted by Gasteiger charge is -2.29. The summed E-state index contributed by atoms with van der Waals surface area (Å²) in [5.41, 5.74) is 0. The molecule has 0 fully saturated rings. The standard InChI is InChI=1S/C6H15NS.HI/c1-5-6(8)7(2,3)4;/h6H,5H2,1-4H3;1H. The van der Waals surface area contributed by atoms with E-state index in [2.05, 4.69) is 40.7 Å². The summed E-state index contributed by atoms with van der Waals surface area (Å²) in [5.74, 6) is 0. The molecule has 0 aliphatic rings. The van der Waals surface area contributed by atoms with Crippen LogP contribution in [0.3, 0.4) is 0 Å². The Morgan fingerprint density at radius 1 is 1.33 bits per heavy atom. The average molecular weight is 261 g/mol. The van der Waals surface area contributed by atoms with Crippen LogP contribution >= 0.6 is 12.6 Å². The molecule has 0 aromatic heterocycles. The van der Waals surface area contributed by atoms with Crippen molar-refractivity contribution in [3.63, 3.8) is 0 Å². The molecule has 1 atom stereocenters. The van der Waals surface area contributed by atoms with E-state index in [1.54, 1.807) is 0 Å². The number of halogens is 1. The van der Waals surface area contributed by atoms with Crippen LogP contribution < -0.4 is 24.0 Å². The van der Waals surface area contributed by atoms with E-state index in [1.165, 1.54) is 0 Å². The van der Waals surface area contributed by atoms with Gasteiger partial charge in [-0.1, -0.05) is 6.92 Å². The predicted molar refractivity (Wildman–Crippen MR) is 41.1 cm³/mol. The van der Waals surface area contributed by atoms with Crippen LogP contribution in [0.1, 0.15) is 13.3 Å². The molecule has 0 bridgehead atoms. The molecule has 0 saturated carbocycles. The Morgan fingerprint density at radius 3 is 1.67 bits per heavy atom. The third kappa shape index (κ3) is 5.48. The third-order valence-electron chi connectivity index (χ3n) is 1.26. The Kier molecular flexibility index (Phi) is 6.76. The highest BCUT2D eigenvalue weighted by molar-refractivity contribution is 7.80. The second-order valence-electron chi connectivity index (χ2n) is 3.01. The highest BCUT2D eigenvalue weighted by Gasteiger charge is 2.15. The SMILES string of the molecule is CCC(S)[N+](C)(C)C.[I-]. The topological polar surface area (TPSA) is 0 Å². The molecule has 0 heterocycles. The number of quaternary nitrogens is 1. The van der Waals surface area contributed by atoms with Crippen molar-refractivity contribution in [3.8, 4) is 0 Å². The molecule has 0 amide bonds. The zero-order valence-electron chi connectivity index (χ0n) is 6.56. The van der Waals surface area contributed by atoms with Crippen molar-refractivity contribution in [3.05, 3.63) is 0 Å². The van der Waals surface area contributed by atoms with Crippen LogP contribution in [-0.4, -0.2) is 31.0 Å². The van der Waals surface area contributed by atoms with E-state index < -0.39 is 0 Å². The minimum atomic E-state index is 0. The first kappa shape index (κ1) is 12.7. The molecule has 1 nitrogen and oxygen atoms in total. The Hall–Kier alpha value is 1.04. The molecule has 0 aromatic rings. The van der Waals surface area contributed by atoms with Gasteiger partial charge in [0.25, 0.3) is 0 Å². The average Bonchev–Trinajstić information content (AvgIpc) is 1.62. The van der Waals surface area contributed by atoms with E-state index in [1.807, 2.05) is 0 Å². The zero-order valence-corrected chi connectivity index (χ0v) is 9.61. The summed E-state index contributed by atoms with van der Waals surface area (Å²) >= 11 is 4.38. The van der Waals surface area contributed by atoms with Gasteiger partial charge in [0, 0.05) is 6.42 Å². The fraction of sp³-hybridized carbons (Fsp3) is 1.00. The molecule has 58 valence electrons. The van der Waals surface area contributed by atoms with Crippen LogP contribution in [0.15, 0.2) is 0 Å². The summed E-state index contributed by atoms with van der Waals surface area (Å²) in [6.07, 6.45) is 1.13. The summed E-state index contributed by atoms with van der Waals surface area (Å²) in [6, 6.07) is 0. The third-order valence-corrected chi connectivity index (χ3v) is 2.32. The summed E-state index contributed by atoms with van der Waals surface area (Å²) in [4.78, 5) is 0. The van der Waals surface area contributed by atoms with Crippen LogP contribution in [0, 0.1) is 0 Å². The quantitative estimate of drug-likeness (QED) is 0.262. The van der Waals surface area contributed by atoms with Crippen molar-refractivity contribution in [2.45, 2.75) is 18.7 Å². The first-order chi connectivity index (χ1) is 3.48. The Labute approximate surface area is 80.8 Å². The molecule has 0 radical (unpaired) electrons. The zero-order chi connectivity index (χ0) is 6.78. The second-order valence-corrected chi connectivity index (χ2v) is 3.60. The maximum Gasteiger partial charge on any atom is 0.132 e. The first-order valence-corrected chi connectivity index (χ1v) is 3.49. The molecule has 1 unspecified atom stereocenters. The van der Waals surface area contributed by atoms with E-state index in [0.717, 1.165) is 10.9 Å². The van der Waals surface area contributed by atoms with Crippen LogP contribution in [-0.2, 0) is 0 Å². The summed E-state index contributed by atoms with van der Waals surface area (Å²) in [7, 11) is 6.46. The van der Waals surface area contributed by atoms with Crippen LogP contribution in [0.4, 0.5) is 0 Å². The van der Waals surface area contributed by atoms with E-state index >= 15 is 0 Å². The molecule has 0 N–H and O–H groups in total. The molecular weight excluding hydrogens is 245 g/mol. The highest BCUT2D eigenvalue weighted by atomic mass is 127. The van der Waals surface area contributed by atoms with Gasteiger partial charge in [0.05, 0.1) is 21.1 Å². The highest BCUT2D eigenvalue weighted by Crippen LogP contribution is 2.09. The maximum absolute atomic E-state index is 4.38. The van der Waals surface area contributed by atoms with E-state index in [4.69, 9.17) is 0 Å². The van der Waals surface area contributed by atoms with Crippen molar-refractivity contribution >= 4 is 12.6 Å². The van der Waals surface area contributed by atoms with Crippen LogP contribution in [0.25, 0.3) is 0 Å². The van der Waals surface area contributed by atoms with Gasteiger partial charge < -0.3 is 28.5 Å². The maximum atomic E-state index is 4.38. The molecule has 0 aliphatic carbocycles. The van der Waals surface area contributed by atoms with E-state index in [9.17, 15) is 0 Å². The van der Waals surface area contributed by atoms with Gasteiger partial charge in [0.1, 0.15) is 5.37 Å². The minimum Gasteiger partial charge on any atom is -1.00 e. The summed E-state index contributed by atoms with van der Waals surface area (Å²) in [6.45, 7) is 2.15. The van der Waals surface area contributed by atoms with Crippen molar-refractivity contribution in [1.82, 2.24) is 0 Å². The Balaban J connectivity index is 0. The van der Waals surface area contributed by atoms with E-state index in [-0.39, 0.29) is 24.0 Å². The minimum absolute atomic E-state index is 0. The van der Waals surface area contributed by atoms with Gasteiger partial charge in [0.15, 0.2) is 0 Å². The number of hydrogen-bond acceptors (Lipinski definition) is 1. The molecular formula is C6H16INS. The molecule has 0 rings (SSSR count). The lowest BCUT2D eigenvalue weighted by atomic mass is 10.4. The number of hydrogen-bond donors (Lipinski definition) is 1. The van der Waals surface area contributed by atoms with Crippen LogP contribution in [0.2, 0.25) is 0 Å². The van der Waals surface area contributed by atoms with Gasteiger partial charge in [-0.3, -0.25) is 0 Å². The molecule has 3 heteroatoms. The van der Waals surface area contributed by atoms with Crippen molar-refractivity contribution < 1.29 is 28.5 Å². The largest absolute Gasteiger partial charge is 1.00 e. The van der Waals surface area contributed by atoms with Crippen molar-refractivity contribution in [2.24, 2.45) is 0 Å². The van der Waals surface area contributed by atoms with Gasteiger partial charge in [-0.05, 0) is 0 Å². The molecule has 9 heavy (non-hydrogen) atoms. The molecule has 0 spiro atoms. The Bertz CT molecular complexity index is 69.9. The van der Waals surface area contributed by atoms with Gasteiger partial charge >= 0.3 is 0 Å². The smallest absolute Gasteiger partial charge is 0.132 e. The number of thiol groups is 1. The summed E-state index contributed by atoms with van der Waals surface area (Å²) < 4.78 is 0.944. The van der Waals surface area contributed by atoms with Gasteiger partial charge in [-0.2, -0.15) is 0 Å². The van der Waals surface area contributed by atoms with Crippen molar-refractivity contribution in [2.75, 3.05) is 21.1 Å². The monoisotopic (exact) mass is 261 g/mol. The van der Waals surface area contributed by atoms with Crippen molar-refractivity contribution in [1.29, 1.82) is 0 Å². The lowest BCUT2D eigenvalue weighted by molar-refractivity contribution is -0.880. The fourth-order valence-electron chi connectivity index (χ4n) is 0.548. The van der Waals surface area contributed by atoms with E-state index in [0.29, 0.717) is 5.37 Å². The molecule has 0 aromatic carbocycles. The lowest BCUT2D eigenvalue weighted by Crippen LogP contribution is -3.00. The summed E-state index contributed by atoms with van der Waals surface area (Å²) in [5, 5.41) is 0.481. The number of nitrogens with zero attached hydrogens (tertiary/aromatic N) is 1. The van der Waals surface area contributed by atoms with Gasteiger partial charge in [-0.15, -0.1) is 12.6 Å². The molecule has 0 aliphatic heterocycles. The second kappa shape index (κ2) is 4.79. The fourth-order valence-corrected chi connectivity index (χ4v) is 0.548. The van der Waals surface area contributed by atoms with Gasteiger partial charge in [-0.25, -0.2) is 0 Å². The number of rotatable bonds is 2. The molecule has 0 saturated heterocycles. The van der Waals surface area contributed by atoms with Gasteiger partial charge in [0.2, 0.25) is 0 Å². The van der Waals surface area contributed by atoms with Crippen LogP contribution in [0.5, 0.6) is 0 Å². The normalized spacial score (nSPS) is 14.3. The predicted octanol–water partition coefficient (Wildman–Crippen LogP) is -1.64. The first-order valence-electron chi connectivity index (χ1n) is 2.97. The Morgan fingerprint density at radius 2 is 1.67 bits per heavy atom.